The van der Waals surface area contributed by atoms with E-state index in [4.69, 9.17) is 5.10 Å². The molecule has 29 heavy (non-hydrogen) atoms. The molecular formula is C23H20N4O2. The number of aryl methyl sites for hydroxylation is 1. The van der Waals surface area contributed by atoms with Gasteiger partial charge in [0.05, 0.1) is 22.0 Å². The summed E-state index contributed by atoms with van der Waals surface area (Å²) < 4.78 is 1.93. The largest absolute Gasteiger partial charge is 0.383 e. The molecule has 0 atom stereocenters. The Bertz CT molecular complexity index is 1180. The highest BCUT2D eigenvalue weighted by Gasteiger charge is 2.17. The number of rotatable bonds is 5. The van der Waals surface area contributed by atoms with Crippen molar-refractivity contribution in [1.29, 1.82) is 0 Å². The van der Waals surface area contributed by atoms with Crippen molar-refractivity contribution in [1.82, 2.24) is 9.78 Å². The number of aromatic nitrogens is 2. The molecule has 0 saturated heterocycles. The molecular weight excluding hydrogens is 364 g/mol. The van der Waals surface area contributed by atoms with Crippen LogP contribution in [0.5, 0.6) is 0 Å². The van der Waals surface area contributed by atoms with Gasteiger partial charge in [0.25, 0.3) is 5.69 Å². The maximum atomic E-state index is 11.3. The van der Waals surface area contributed by atoms with Crippen LogP contribution in [0.1, 0.15) is 5.69 Å². The molecule has 1 N–H and O–H groups in total. The zero-order valence-electron chi connectivity index (χ0n) is 16.2. The Morgan fingerprint density at radius 1 is 0.931 bits per heavy atom. The van der Waals surface area contributed by atoms with E-state index >= 15 is 0 Å². The lowest BCUT2D eigenvalue weighted by molar-refractivity contribution is -0.383. The first-order chi connectivity index (χ1) is 14.1. The molecule has 0 aliphatic carbocycles. The molecule has 1 aromatic heterocycles. The highest BCUT2D eigenvalue weighted by Crippen LogP contribution is 2.34. The second-order valence-corrected chi connectivity index (χ2v) is 6.70. The van der Waals surface area contributed by atoms with Crippen molar-refractivity contribution in [2.75, 3.05) is 12.4 Å². The molecule has 6 nitrogen and oxygen atoms in total. The lowest BCUT2D eigenvalue weighted by Gasteiger charge is -2.14. The molecule has 0 unspecified atom stereocenters. The minimum absolute atomic E-state index is 0.0497. The minimum atomic E-state index is -0.383. The van der Waals surface area contributed by atoms with Crippen LogP contribution >= 0.6 is 0 Å². The molecule has 6 heteroatoms. The van der Waals surface area contributed by atoms with Crippen molar-refractivity contribution >= 4 is 11.4 Å². The Morgan fingerprint density at radius 2 is 1.66 bits per heavy atom. The first-order valence-electron chi connectivity index (χ1n) is 9.26. The Morgan fingerprint density at radius 3 is 2.38 bits per heavy atom. The van der Waals surface area contributed by atoms with E-state index in [1.807, 2.05) is 54.1 Å². The summed E-state index contributed by atoms with van der Waals surface area (Å²) in [6.45, 7) is 1.97. The number of nitrogens with zero attached hydrogens (tertiary/aromatic N) is 3. The molecule has 0 aliphatic rings. The van der Waals surface area contributed by atoms with Crippen molar-refractivity contribution in [3.63, 3.8) is 0 Å². The van der Waals surface area contributed by atoms with Gasteiger partial charge >= 0.3 is 0 Å². The number of hydrogen-bond acceptors (Lipinski definition) is 4. The summed E-state index contributed by atoms with van der Waals surface area (Å²) in [6.07, 6.45) is 0. The number of para-hydroxylation sites is 1. The van der Waals surface area contributed by atoms with Crippen LogP contribution in [0.25, 0.3) is 28.1 Å². The smallest absolute Gasteiger partial charge is 0.292 e. The molecule has 3 aromatic carbocycles. The van der Waals surface area contributed by atoms with E-state index < -0.39 is 0 Å². The lowest BCUT2D eigenvalue weighted by atomic mass is 10.0. The van der Waals surface area contributed by atoms with E-state index in [0.717, 1.165) is 33.8 Å². The predicted molar refractivity (Wildman–Crippen MR) is 115 cm³/mol. The Hall–Kier alpha value is -3.93. The van der Waals surface area contributed by atoms with Gasteiger partial charge < -0.3 is 5.32 Å². The maximum Gasteiger partial charge on any atom is 0.292 e. The lowest BCUT2D eigenvalue weighted by Crippen LogP contribution is -2.02. The molecule has 0 amide bonds. The van der Waals surface area contributed by atoms with Crippen molar-refractivity contribution in [3.05, 3.63) is 94.7 Å². The first-order valence-corrected chi connectivity index (χ1v) is 9.26. The molecule has 0 fully saturated rings. The predicted octanol–water partition coefficient (Wildman–Crippen LogP) is 5.46. The zero-order chi connectivity index (χ0) is 20.4. The molecule has 4 rings (SSSR count). The highest BCUT2D eigenvalue weighted by atomic mass is 16.6. The summed E-state index contributed by atoms with van der Waals surface area (Å²) in [5, 5.41) is 18.9. The van der Waals surface area contributed by atoms with E-state index in [9.17, 15) is 10.1 Å². The molecule has 0 saturated carbocycles. The SMILES string of the molecule is CNc1cc(-c2ccccc2-n2nc(C)cc2-c2ccccc2)ccc1[N+](=O)[O-]. The Balaban J connectivity index is 1.90. The second kappa shape index (κ2) is 7.59. The van der Waals surface area contributed by atoms with E-state index in [1.54, 1.807) is 19.2 Å². The van der Waals surface area contributed by atoms with Crippen LogP contribution < -0.4 is 5.32 Å². The van der Waals surface area contributed by atoms with Crippen molar-refractivity contribution < 1.29 is 4.92 Å². The summed E-state index contributed by atoms with van der Waals surface area (Å²) >= 11 is 0. The summed E-state index contributed by atoms with van der Waals surface area (Å²) in [5.74, 6) is 0. The van der Waals surface area contributed by atoms with Crippen LogP contribution in [0.15, 0.2) is 78.9 Å². The van der Waals surface area contributed by atoms with Crippen LogP contribution in [0.4, 0.5) is 11.4 Å². The molecule has 0 aliphatic heterocycles. The van der Waals surface area contributed by atoms with Gasteiger partial charge in [-0.3, -0.25) is 10.1 Å². The van der Waals surface area contributed by atoms with Gasteiger partial charge in [0.2, 0.25) is 0 Å². The summed E-state index contributed by atoms with van der Waals surface area (Å²) in [4.78, 5) is 10.9. The Labute approximate surface area is 168 Å². The number of nitro benzene ring substituents is 1. The average molecular weight is 384 g/mol. The van der Waals surface area contributed by atoms with Gasteiger partial charge in [-0.15, -0.1) is 0 Å². The number of nitro groups is 1. The number of nitrogens with one attached hydrogen (secondary N) is 1. The normalized spacial score (nSPS) is 10.7. The number of benzene rings is 3. The van der Waals surface area contributed by atoms with Gasteiger partial charge in [-0.25, -0.2) is 4.68 Å². The van der Waals surface area contributed by atoms with Crippen LogP contribution in [0.3, 0.4) is 0 Å². The van der Waals surface area contributed by atoms with Gasteiger partial charge in [0.15, 0.2) is 0 Å². The Kier molecular flexibility index (Phi) is 4.83. The maximum absolute atomic E-state index is 11.3. The highest BCUT2D eigenvalue weighted by molar-refractivity contribution is 5.80. The second-order valence-electron chi connectivity index (χ2n) is 6.70. The monoisotopic (exact) mass is 384 g/mol. The fourth-order valence-electron chi connectivity index (χ4n) is 3.46. The third-order valence-corrected chi connectivity index (χ3v) is 4.81. The molecule has 0 bridgehead atoms. The van der Waals surface area contributed by atoms with Crippen LogP contribution in [0.2, 0.25) is 0 Å². The van der Waals surface area contributed by atoms with Crippen molar-refractivity contribution in [2.45, 2.75) is 6.92 Å². The van der Waals surface area contributed by atoms with Crippen LogP contribution in [0, 0.1) is 17.0 Å². The minimum Gasteiger partial charge on any atom is -0.383 e. The summed E-state index contributed by atoms with van der Waals surface area (Å²) in [7, 11) is 1.68. The molecule has 0 spiro atoms. The standard InChI is InChI=1S/C23H20N4O2/c1-16-14-23(17-8-4-3-5-9-17)26(25-16)21-11-7-6-10-19(21)18-12-13-22(27(28)29)20(15-18)24-2/h3-15,24H,1-2H3. The van der Waals surface area contributed by atoms with E-state index in [2.05, 4.69) is 23.5 Å². The number of anilines is 1. The first kappa shape index (κ1) is 18.4. The topological polar surface area (TPSA) is 73.0 Å². The van der Waals surface area contributed by atoms with Crippen molar-refractivity contribution in [3.8, 4) is 28.1 Å². The van der Waals surface area contributed by atoms with E-state index in [0.29, 0.717) is 5.69 Å². The number of hydrogen-bond donors (Lipinski definition) is 1. The van der Waals surface area contributed by atoms with Crippen LogP contribution in [-0.4, -0.2) is 21.8 Å². The van der Waals surface area contributed by atoms with Gasteiger partial charge in [0, 0.05) is 24.2 Å². The van der Waals surface area contributed by atoms with Gasteiger partial charge in [-0.2, -0.15) is 5.10 Å². The molecule has 144 valence electrons. The average Bonchev–Trinajstić information content (AvgIpc) is 3.15. The fourth-order valence-corrected chi connectivity index (χ4v) is 3.46. The third-order valence-electron chi connectivity index (χ3n) is 4.81. The summed E-state index contributed by atoms with van der Waals surface area (Å²) in [5.41, 5.74) is 6.24. The van der Waals surface area contributed by atoms with Crippen molar-refractivity contribution in [2.24, 2.45) is 0 Å². The van der Waals surface area contributed by atoms with Crippen LogP contribution in [-0.2, 0) is 0 Å². The van der Waals surface area contributed by atoms with Gasteiger partial charge in [-0.1, -0.05) is 48.5 Å². The van der Waals surface area contributed by atoms with E-state index in [1.165, 1.54) is 6.07 Å². The molecule has 4 aromatic rings. The quantitative estimate of drug-likeness (QED) is 0.366. The zero-order valence-corrected chi connectivity index (χ0v) is 16.2. The van der Waals surface area contributed by atoms with Gasteiger partial charge in [-0.05, 0) is 36.8 Å². The molecule has 0 radical (unpaired) electrons. The third kappa shape index (κ3) is 3.48. The van der Waals surface area contributed by atoms with Gasteiger partial charge in [0.1, 0.15) is 5.69 Å². The van der Waals surface area contributed by atoms with E-state index in [-0.39, 0.29) is 10.6 Å². The summed E-state index contributed by atoms with van der Waals surface area (Å²) in [6, 6.07) is 25.2. The molecule has 1 heterocycles. The fraction of sp³-hybridized carbons (Fsp3) is 0.0870.